The van der Waals surface area contributed by atoms with Gasteiger partial charge in [-0.2, -0.15) is 0 Å². The summed E-state index contributed by atoms with van der Waals surface area (Å²) >= 11 is 0. The summed E-state index contributed by atoms with van der Waals surface area (Å²) in [5, 5.41) is 0. The molecular weight excluding hydrogens is 222 g/mol. The van der Waals surface area contributed by atoms with Crippen LogP contribution in [0.4, 0.5) is 0 Å². The minimum absolute atomic E-state index is 0.0592. The van der Waals surface area contributed by atoms with Crippen molar-refractivity contribution in [3.05, 3.63) is 35.4 Å². The van der Waals surface area contributed by atoms with E-state index in [1.54, 1.807) is 0 Å². The van der Waals surface area contributed by atoms with E-state index >= 15 is 0 Å². The molecule has 3 rings (SSSR count). The Morgan fingerprint density at radius 3 is 2.28 bits per heavy atom. The van der Waals surface area contributed by atoms with Gasteiger partial charge < -0.3 is 10.5 Å². The quantitative estimate of drug-likeness (QED) is 0.888. The van der Waals surface area contributed by atoms with Gasteiger partial charge in [0.25, 0.3) is 0 Å². The van der Waals surface area contributed by atoms with E-state index in [-0.39, 0.29) is 5.54 Å². The maximum Gasteiger partial charge on any atom is 0.0519 e. The molecule has 1 saturated heterocycles. The van der Waals surface area contributed by atoms with Crippen LogP contribution < -0.4 is 5.73 Å². The van der Waals surface area contributed by atoms with Gasteiger partial charge in [0, 0.05) is 11.5 Å². The van der Waals surface area contributed by atoms with Gasteiger partial charge in [-0.3, -0.25) is 0 Å². The van der Waals surface area contributed by atoms with Crippen LogP contribution in [0, 0.1) is 5.92 Å². The van der Waals surface area contributed by atoms with Gasteiger partial charge in [-0.1, -0.05) is 43.5 Å². The molecule has 0 aromatic heterocycles. The Morgan fingerprint density at radius 1 is 1.06 bits per heavy atom. The van der Waals surface area contributed by atoms with Crippen molar-refractivity contribution >= 4 is 0 Å². The van der Waals surface area contributed by atoms with Crippen LogP contribution in [0.15, 0.2) is 24.3 Å². The highest BCUT2D eigenvalue weighted by Gasteiger charge is 2.29. The van der Waals surface area contributed by atoms with Crippen molar-refractivity contribution in [3.63, 3.8) is 0 Å². The van der Waals surface area contributed by atoms with Crippen LogP contribution in [-0.4, -0.2) is 13.2 Å². The lowest BCUT2D eigenvalue weighted by atomic mass is 9.77. The van der Waals surface area contributed by atoms with Crippen LogP contribution in [0.25, 0.3) is 0 Å². The van der Waals surface area contributed by atoms with Crippen LogP contribution in [0.5, 0.6) is 0 Å². The van der Waals surface area contributed by atoms with E-state index in [1.165, 1.54) is 30.4 Å². The summed E-state index contributed by atoms with van der Waals surface area (Å²) in [4.78, 5) is 0. The van der Waals surface area contributed by atoms with E-state index in [9.17, 15) is 0 Å². The molecule has 2 fully saturated rings. The first-order valence-corrected chi connectivity index (χ1v) is 7.22. The van der Waals surface area contributed by atoms with E-state index in [1.807, 2.05) is 0 Å². The third-order valence-corrected chi connectivity index (χ3v) is 4.51. The highest BCUT2D eigenvalue weighted by Crippen LogP contribution is 2.34. The lowest BCUT2D eigenvalue weighted by molar-refractivity contribution is -0.0312. The fourth-order valence-corrected chi connectivity index (χ4v) is 3.18. The molecule has 2 heteroatoms. The molecule has 2 aliphatic rings. The first kappa shape index (κ1) is 12.2. The molecule has 2 N–H and O–H groups in total. The number of benzene rings is 1. The number of ether oxygens (including phenoxy) is 1. The van der Waals surface area contributed by atoms with Crippen LogP contribution in [0.3, 0.4) is 0 Å². The molecule has 1 aliphatic heterocycles. The molecule has 0 radical (unpaired) electrons. The normalized spacial score (nSPS) is 23.6. The maximum atomic E-state index is 6.55. The standard InChI is InChI=1S/C16H23NO/c17-16(8-2-1-3-9-16)15-6-4-13(5-7-15)10-14-11-18-12-14/h4-7,14H,1-3,8-12,17H2. The van der Waals surface area contributed by atoms with Crippen molar-refractivity contribution in [2.75, 3.05) is 13.2 Å². The summed E-state index contributed by atoms with van der Waals surface area (Å²) in [6.45, 7) is 1.87. The molecule has 0 bridgehead atoms. The SMILES string of the molecule is NC1(c2ccc(CC3COC3)cc2)CCCCC1. The monoisotopic (exact) mass is 245 g/mol. The Balaban J connectivity index is 1.69. The van der Waals surface area contributed by atoms with E-state index in [0.29, 0.717) is 0 Å². The first-order valence-electron chi connectivity index (χ1n) is 7.22. The fourth-order valence-electron chi connectivity index (χ4n) is 3.18. The molecule has 0 spiro atoms. The molecule has 0 atom stereocenters. The zero-order chi connectivity index (χ0) is 12.4. The smallest absolute Gasteiger partial charge is 0.0519 e. The predicted molar refractivity (Wildman–Crippen MR) is 73.4 cm³/mol. The van der Waals surface area contributed by atoms with Crippen molar-refractivity contribution in [2.45, 2.75) is 44.1 Å². The second-order valence-electron chi connectivity index (χ2n) is 6.02. The summed E-state index contributed by atoms with van der Waals surface area (Å²) in [7, 11) is 0. The van der Waals surface area contributed by atoms with Crippen LogP contribution in [0.1, 0.15) is 43.2 Å². The van der Waals surface area contributed by atoms with Crippen LogP contribution in [0.2, 0.25) is 0 Å². The molecule has 1 aromatic rings. The lowest BCUT2D eigenvalue weighted by Gasteiger charge is -2.34. The molecule has 1 aromatic carbocycles. The van der Waals surface area contributed by atoms with Crippen molar-refractivity contribution in [2.24, 2.45) is 11.7 Å². The summed E-state index contributed by atoms with van der Waals surface area (Å²) in [6, 6.07) is 9.02. The minimum atomic E-state index is -0.0592. The van der Waals surface area contributed by atoms with Crippen molar-refractivity contribution in [1.29, 1.82) is 0 Å². The molecule has 98 valence electrons. The van der Waals surface area contributed by atoms with Gasteiger partial charge in [0.05, 0.1) is 13.2 Å². The average molecular weight is 245 g/mol. The molecule has 1 heterocycles. The molecule has 0 amide bonds. The number of hydrogen-bond acceptors (Lipinski definition) is 2. The molecule has 0 unspecified atom stereocenters. The average Bonchev–Trinajstić information content (AvgIpc) is 2.35. The Kier molecular flexibility index (Phi) is 3.40. The number of hydrogen-bond donors (Lipinski definition) is 1. The summed E-state index contributed by atoms with van der Waals surface area (Å²) < 4.78 is 5.22. The topological polar surface area (TPSA) is 35.2 Å². The van der Waals surface area contributed by atoms with Gasteiger partial charge in [0.2, 0.25) is 0 Å². The summed E-state index contributed by atoms with van der Waals surface area (Å²) in [6.07, 6.45) is 7.33. The van der Waals surface area contributed by atoms with E-state index in [2.05, 4.69) is 24.3 Å². The zero-order valence-electron chi connectivity index (χ0n) is 11.0. The fraction of sp³-hybridized carbons (Fsp3) is 0.625. The van der Waals surface area contributed by atoms with E-state index in [0.717, 1.165) is 38.4 Å². The highest BCUT2D eigenvalue weighted by molar-refractivity contribution is 5.29. The Hall–Kier alpha value is -0.860. The summed E-state index contributed by atoms with van der Waals surface area (Å²) in [5.41, 5.74) is 9.24. The molecular formula is C16H23NO. The van der Waals surface area contributed by atoms with Gasteiger partial charge in [-0.05, 0) is 30.4 Å². The Bertz CT molecular complexity index is 388. The van der Waals surface area contributed by atoms with Crippen molar-refractivity contribution in [3.8, 4) is 0 Å². The lowest BCUT2D eigenvalue weighted by Crippen LogP contribution is -2.38. The van der Waals surface area contributed by atoms with E-state index < -0.39 is 0 Å². The predicted octanol–water partition coefficient (Wildman–Crippen LogP) is 2.99. The Labute approximate surface area is 110 Å². The summed E-state index contributed by atoms with van der Waals surface area (Å²) in [5.74, 6) is 0.734. The highest BCUT2D eigenvalue weighted by atomic mass is 16.5. The second-order valence-corrected chi connectivity index (χ2v) is 6.02. The van der Waals surface area contributed by atoms with Gasteiger partial charge in [-0.25, -0.2) is 0 Å². The third kappa shape index (κ3) is 2.45. The van der Waals surface area contributed by atoms with Crippen LogP contribution >= 0.6 is 0 Å². The zero-order valence-corrected chi connectivity index (χ0v) is 11.0. The van der Waals surface area contributed by atoms with Gasteiger partial charge in [0.15, 0.2) is 0 Å². The number of rotatable bonds is 3. The first-order chi connectivity index (χ1) is 8.76. The van der Waals surface area contributed by atoms with Gasteiger partial charge in [-0.15, -0.1) is 0 Å². The number of nitrogens with two attached hydrogens (primary N) is 1. The molecule has 18 heavy (non-hydrogen) atoms. The second kappa shape index (κ2) is 5.02. The van der Waals surface area contributed by atoms with Crippen molar-refractivity contribution < 1.29 is 4.74 Å². The van der Waals surface area contributed by atoms with E-state index in [4.69, 9.17) is 10.5 Å². The van der Waals surface area contributed by atoms with Gasteiger partial charge >= 0.3 is 0 Å². The minimum Gasteiger partial charge on any atom is -0.381 e. The Morgan fingerprint density at radius 2 is 1.72 bits per heavy atom. The third-order valence-electron chi connectivity index (χ3n) is 4.51. The van der Waals surface area contributed by atoms with Crippen molar-refractivity contribution in [1.82, 2.24) is 0 Å². The van der Waals surface area contributed by atoms with Crippen LogP contribution in [-0.2, 0) is 16.7 Å². The molecule has 2 nitrogen and oxygen atoms in total. The largest absolute Gasteiger partial charge is 0.381 e. The molecule has 1 aliphatic carbocycles. The maximum absolute atomic E-state index is 6.55. The molecule has 1 saturated carbocycles. The van der Waals surface area contributed by atoms with Gasteiger partial charge in [0.1, 0.15) is 0 Å².